The molecule has 5 rings (SSSR count). The largest absolute Gasteiger partial charge is 0.478 e. The van der Waals surface area contributed by atoms with E-state index in [1.165, 1.54) is 6.07 Å². The predicted octanol–water partition coefficient (Wildman–Crippen LogP) is 4.70. The topological polar surface area (TPSA) is 119 Å². The Kier molecular flexibility index (Phi) is 10.5. The molecule has 2 heterocycles. The third kappa shape index (κ3) is 6.89. The van der Waals surface area contributed by atoms with E-state index in [2.05, 4.69) is 17.1 Å². The number of carbonyl (C=O) groups is 3. The molecule has 1 spiro atoms. The van der Waals surface area contributed by atoms with Gasteiger partial charge in [-0.1, -0.05) is 37.6 Å². The Hall–Kier alpha value is -3.40. The SMILES string of the molecule is CCCCN1C(=O)[C@@H](C(O)C2CC=CC2)NC(=O)C12CCN(Cc1ccc(Oc3ccc(C(=O)O)cc3C)cc1)CC2.Cl. The number of benzene rings is 2. The molecule has 2 saturated heterocycles. The average Bonchev–Trinajstić information content (AvgIpc) is 3.53. The van der Waals surface area contributed by atoms with E-state index in [4.69, 9.17) is 4.74 Å². The number of piperazine rings is 1. The zero-order chi connectivity index (χ0) is 29.9. The molecule has 1 unspecified atom stereocenters. The van der Waals surface area contributed by atoms with Gasteiger partial charge in [0, 0.05) is 26.2 Å². The van der Waals surface area contributed by atoms with Crippen LogP contribution < -0.4 is 10.1 Å². The van der Waals surface area contributed by atoms with Crippen molar-refractivity contribution in [3.63, 3.8) is 0 Å². The maximum absolute atomic E-state index is 13.7. The summed E-state index contributed by atoms with van der Waals surface area (Å²) in [5, 5.41) is 23.1. The lowest BCUT2D eigenvalue weighted by atomic mass is 9.79. The summed E-state index contributed by atoms with van der Waals surface area (Å²) in [5.74, 6) is -0.0304. The van der Waals surface area contributed by atoms with Gasteiger partial charge in [0.05, 0.1) is 11.7 Å². The van der Waals surface area contributed by atoms with Crippen molar-refractivity contribution in [1.29, 1.82) is 0 Å². The summed E-state index contributed by atoms with van der Waals surface area (Å²) >= 11 is 0. The monoisotopic (exact) mass is 611 g/mol. The van der Waals surface area contributed by atoms with Crippen molar-refractivity contribution in [3.05, 3.63) is 71.3 Å². The van der Waals surface area contributed by atoms with Gasteiger partial charge < -0.3 is 25.2 Å². The summed E-state index contributed by atoms with van der Waals surface area (Å²) < 4.78 is 5.98. The number of aryl methyl sites for hydroxylation is 1. The van der Waals surface area contributed by atoms with Crippen LogP contribution in [0.25, 0.3) is 0 Å². The van der Waals surface area contributed by atoms with E-state index in [9.17, 15) is 24.6 Å². The number of carboxylic acids is 1. The molecule has 2 amide bonds. The minimum absolute atomic E-state index is 0. The Bertz CT molecular complexity index is 1330. The maximum atomic E-state index is 13.7. The molecule has 2 atom stereocenters. The van der Waals surface area contributed by atoms with Crippen molar-refractivity contribution >= 4 is 30.2 Å². The van der Waals surface area contributed by atoms with Crippen LogP contribution in [0.2, 0.25) is 0 Å². The van der Waals surface area contributed by atoms with E-state index >= 15 is 0 Å². The van der Waals surface area contributed by atoms with E-state index < -0.39 is 23.7 Å². The fraction of sp³-hybridized carbons (Fsp3) is 0.485. The second-order valence-electron chi connectivity index (χ2n) is 11.8. The summed E-state index contributed by atoms with van der Waals surface area (Å²) in [5.41, 5.74) is 1.20. The number of nitrogens with zero attached hydrogens (tertiary/aromatic N) is 2. The summed E-state index contributed by atoms with van der Waals surface area (Å²) in [6, 6.07) is 11.7. The molecule has 232 valence electrons. The lowest BCUT2D eigenvalue weighted by Gasteiger charge is -2.52. The van der Waals surface area contributed by atoms with Crippen LogP contribution in [0.1, 0.15) is 66.9 Å². The number of aliphatic hydroxyl groups is 1. The van der Waals surface area contributed by atoms with Crippen molar-refractivity contribution in [2.75, 3.05) is 19.6 Å². The second-order valence-corrected chi connectivity index (χ2v) is 11.8. The highest BCUT2D eigenvalue weighted by molar-refractivity contribution is 6.00. The van der Waals surface area contributed by atoms with Crippen LogP contribution in [0.15, 0.2) is 54.6 Å². The van der Waals surface area contributed by atoms with Crippen molar-refractivity contribution in [2.45, 2.75) is 76.6 Å². The first kappa shape index (κ1) is 32.5. The number of carboxylic acid groups (broad SMARTS) is 1. The van der Waals surface area contributed by atoms with E-state index in [1.807, 2.05) is 43.3 Å². The van der Waals surface area contributed by atoms with Crippen LogP contribution in [0.3, 0.4) is 0 Å². The predicted molar refractivity (Wildman–Crippen MR) is 166 cm³/mol. The molecular formula is C33H42ClN3O6. The van der Waals surface area contributed by atoms with Crippen LogP contribution in [-0.2, 0) is 16.1 Å². The number of unbranched alkanes of at least 4 members (excludes halogenated alkanes) is 1. The minimum Gasteiger partial charge on any atom is -0.478 e. The fourth-order valence-electron chi connectivity index (χ4n) is 6.42. The molecule has 43 heavy (non-hydrogen) atoms. The number of hydrogen-bond acceptors (Lipinski definition) is 6. The Balaban J connectivity index is 0.00000423. The molecule has 0 bridgehead atoms. The zero-order valence-corrected chi connectivity index (χ0v) is 25.6. The van der Waals surface area contributed by atoms with Gasteiger partial charge in [-0.3, -0.25) is 14.5 Å². The molecule has 3 aliphatic rings. The molecule has 1 aliphatic carbocycles. The van der Waals surface area contributed by atoms with Gasteiger partial charge in [0.1, 0.15) is 23.1 Å². The summed E-state index contributed by atoms with van der Waals surface area (Å²) in [6.45, 7) is 6.48. The zero-order valence-electron chi connectivity index (χ0n) is 24.8. The number of aliphatic hydroxyl groups excluding tert-OH is 1. The highest BCUT2D eigenvalue weighted by Crippen LogP contribution is 2.36. The van der Waals surface area contributed by atoms with Crippen LogP contribution in [-0.4, -0.2) is 75.1 Å². The molecule has 2 aromatic carbocycles. The Morgan fingerprint density at radius 1 is 1.09 bits per heavy atom. The van der Waals surface area contributed by atoms with Crippen LogP contribution in [0.4, 0.5) is 0 Å². The lowest BCUT2D eigenvalue weighted by molar-refractivity contribution is -0.165. The number of nitrogens with one attached hydrogen (secondary N) is 1. The Morgan fingerprint density at radius 3 is 2.37 bits per heavy atom. The number of piperidine rings is 1. The molecule has 2 aliphatic heterocycles. The standard InChI is InChI=1S/C33H41N3O6.ClH/c1-3-4-17-36-30(38)28(29(37)24-7-5-6-8-24)34-32(41)33(36)15-18-35(19-16-33)21-23-9-12-26(13-10-23)42-27-14-11-25(31(39)40)20-22(27)2;/h5-6,9-14,20,24,28-29,37H,3-4,7-8,15-19,21H2,1-2H3,(H,34,41)(H,39,40);1H/t28-,29?;/m1./s1. The number of carbonyl (C=O) groups excluding carboxylic acids is 2. The van der Waals surface area contributed by atoms with E-state index in [1.54, 1.807) is 17.0 Å². The van der Waals surface area contributed by atoms with Crippen LogP contribution >= 0.6 is 12.4 Å². The van der Waals surface area contributed by atoms with Gasteiger partial charge in [0.15, 0.2) is 0 Å². The van der Waals surface area contributed by atoms with Gasteiger partial charge in [-0.15, -0.1) is 12.4 Å². The average molecular weight is 612 g/mol. The quantitative estimate of drug-likeness (QED) is 0.333. The summed E-state index contributed by atoms with van der Waals surface area (Å²) in [6.07, 6.45) is 7.44. The number of ether oxygens (including phenoxy) is 1. The third-order valence-corrected chi connectivity index (χ3v) is 9.02. The highest BCUT2D eigenvalue weighted by atomic mass is 35.5. The number of hydrogen-bond donors (Lipinski definition) is 3. The first-order valence-corrected chi connectivity index (χ1v) is 15.0. The van der Waals surface area contributed by atoms with Gasteiger partial charge in [0.25, 0.3) is 0 Å². The second kappa shape index (κ2) is 13.9. The van der Waals surface area contributed by atoms with Gasteiger partial charge in [0.2, 0.25) is 11.8 Å². The van der Waals surface area contributed by atoms with Crippen molar-refractivity contribution in [1.82, 2.24) is 15.1 Å². The number of amides is 2. The highest BCUT2D eigenvalue weighted by Gasteiger charge is 2.55. The van der Waals surface area contributed by atoms with Crippen molar-refractivity contribution < 1.29 is 29.3 Å². The normalized spacial score (nSPS) is 21.0. The fourth-order valence-corrected chi connectivity index (χ4v) is 6.42. The first-order chi connectivity index (χ1) is 20.2. The molecule has 9 nitrogen and oxygen atoms in total. The van der Waals surface area contributed by atoms with Crippen LogP contribution in [0, 0.1) is 12.8 Å². The van der Waals surface area contributed by atoms with E-state index in [-0.39, 0.29) is 35.7 Å². The smallest absolute Gasteiger partial charge is 0.335 e. The number of aromatic carboxylic acids is 1. The number of likely N-dealkylation sites (tertiary alicyclic amines) is 1. The number of halogens is 1. The van der Waals surface area contributed by atoms with Crippen LogP contribution in [0.5, 0.6) is 11.5 Å². The molecule has 0 saturated carbocycles. The summed E-state index contributed by atoms with van der Waals surface area (Å²) in [7, 11) is 0. The minimum atomic E-state index is -0.970. The third-order valence-electron chi connectivity index (χ3n) is 9.02. The van der Waals surface area contributed by atoms with E-state index in [0.717, 1.165) is 36.8 Å². The first-order valence-electron chi connectivity index (χ1n) is 15.0. The number of allylic oxidation sites excluding steroid dienone is 2. The molecule has 0 aromatic heterocycles. The Morgan fingerprint density at radius 2 is 1.77 bits per heavy atom. The van der Waals surface area contributed by atoms with Gasteiger partial charge in [-0.05, 0) is 86.4 Å². The molecule has 2 aromatic rings. The van der Waals surface area contributed by atoms with Crippen molar-refractivity contribution in [2.24, 2.45) is 5.92 Å². The molecule has 2 fully saturated rings. The van der Waals surface area contributed by atoms with Gasteiger partial charge in [-0.25, -0.2) is 4.79 Å². The molecule has 0 radical (unpaired) electrons. The van der Waals surface area contributed by atoms with E-state index in [0.29, 0.717) is 50.5 Å². The molecule has 3 N–H and O–H groups in total. The molecular weight excluding hydrogens is 570 g/mol. The lowest BCUT2D eigenvalue weighted by Crippen LogP contribution is -2.75. The Labute approximate surface area is 259 Å². The molecule has 10 heteroatoms. The van der Waals surface area contributed by atoms with Gasteiger partial charge >= 0.3 is 5.97 Å². The van der Waals surface area contributed by atoms with Gasteiger partial charge in [-0.2, -0.15) is 0 Å². The van der Waals surface area contributed by atoms with Crippen molar-refractivity contribution in [3.8, 4) is 11.5 Å². The number of rotatable bonds is 10. The maximum Gasteiger partial charge on any atom is 0.335 e. The summed E-state index contributed by atoms with van der Waals surface area (Å²) in [4.78, 5) is 42.7.